The van der Waals surface area contributed by atoms with Gasteiger partial charge in [-0.05, 0) is 42.5 Å². The fourth-order valence-electron chi connectivity index (χ4n) is 2.91. The molecule has 4 aromatic rings. The summed E-state index contributed by atoms with van der Waals surface area (Å²) in [5.41, 5.74) is 0.969. The minimum absolute atomic E-state index is 0.316. The van der Waals surface area contributed by atoms with E-state index in [9.17, 15) is 4.79 Å². The number of benzene rings is 2. The Morgan fingerprint density at radius 1 is 1.00 bits per heavy atom. The molecule has 31 heavy (non-hydrogen) atoms. The normalized spacial score (nSPS) is 10.4. The summed E-state index contributed by atoms with van der Waals surface area (Å²) >= 11 is 0. The van der Waals surface area contributed by atoms with Gasteiger partial charge in [0.15, 0.2) is 17.3 Å². The molecule has 1 amide bonds. The summed E-state index contributed by atoms with van der Waals surface area (Å²) in [4.78, 5) is 21.0. The van der Waals surface area contributed by atoms with Crippen LogP contribution in [0.5, 0.6) is 23.1 Å². The molecule has 0 saturated heterocycles. The van der Waals surface area contributed by atoms with Crippen molar-refractivity contribution in [3.05, 3.63) is 78.9 Å². The molecule has 0 radical (unpaired) electrons. The minimum atomic E-state index is -0.316. The van der Waals surface area contributed by atoms with Crippen molar-refractivity contribution in [3.8, 4) is 28.9 Å². The lowest BCUT2D eigenvalue weighted by Gasteiger charge is -2.13. The van der Waals surface area contributed by atoms with E-state index in [1.54, 1.807) is 71.7 Å². The SMILES string of the molecule is COc1cccc(C(=O)Nc2ccc(Oc3cc(-n4cccn4)ncn3)cc2)c1OC. The zero-order valence-electron chi connectivity index (χ0n) is 16.9. The topological polar surface area (TPSA) is 100 Å². The van der Waals surface area contributed by atoms with Crippen molar-refractivity contribution >= 4 is 11.6 Å². The Hall–Kier alpha value is -4.40. The van der Waals surface area contributed by atoms with Gasteiger partial charge in [-0.3, -0.25) is 4.79 Å². The number of nitrogens with one attached hydrogen (secondary N) is 1. The number of rotatable bonds is 7. The fraction of sp³-hybridized carbons (Fsp3) is 0.0909. The standard InChI is InChI=1S/C22H19N5O4/c1-29-18-6-3-5-17(21(18)30-2)22(28)26-15-7-9-16(10-8-15)31-20-13-19(23-14-24-20)27-12-4-11-25-27/h3-14H,1-2H3,(H,26,28). The second-order valence-electron chi connectivity index (χ2n) is 6.29. The third-order valence-corrected chi connectivity index (χ3v) is 4.35. The van der Waals surface area contributed by atoms with Crippen LogP contribution in [0.4, 0.5) is 5.69 Å². The van der Waals surface area contributed by atoms with E-state index in [1.165, 1.54) is 20.5 Å². The number of amides is 1. The van der Waals surface area contributed by atoms with Gasteiger partial charge in [0.05, 0.1) is 19.8 Å². The number of ether oxygens (including phenoxy) is 3. The first-order valence-corrected chi connectivity index (χ1v) is 9.30. The molecule has 9 heteroatoms. The molecule has 0 unspecified atom stereocenters. The first-order valence-electron chi connectivity index (χ1n) is 9.30. The summed E-state index contributed by atoms with van der Waals surface area (Å²) in [7, 11) is 3.01. The molecule has 2 aromatic heterocycles. The van der Waals surface area contributed by atoms with E-state index < -0.39 is 0 Å². The van der Waals surface area contributed by atoms with Crippen molar-refractivity contribution in [3.63, 3.8) is 0 Å². The molecule has 0 atom stereocenters. The molecule has 4 rings (SSSR count). The predicted octanol–water partition coefficient (Wildman–Crippen LogP) is 3.72. The lowest BCUT2D eigenvalue weighted by Crippen LogP contribution is -2.13. The van der Waals surface area contributed by atoms with Crippen molar-refractivity contribution in [2.75, 3.05) is 19.5 Å². The van der Waals surface area contributed by atoms with Crippen LogP contribution >= 0.6 is 0 Å². The van der Waals surface area contributed by atoms with Crippen LogP contribution in [0, 0.1) is 0 Å². The molecular weight excluding hydrogens is 398 g/mol. The van der Waals surface area contributed by atoms with Crippen LogP contribution in [0.3, 0.4) is 0 Å². The number of hydrogen-bond acceptors (Lipinski definition) is 7. The minimum Gasteiger partial charge on any atom is -0.493 e. The van der Waals surface area contributed by atoms with Gasteiger partial charge in [0.1, 0.15) is 12.1 Å². The molecule has 9 nitrogen and oxygen atoms in total. The Balaban J connectivity index is 1.46. The van der Waals surface area contributed by atoms with Crippen LogP contribution in [-0.4, -0.2) is 39.9 Å². The zero-order chi connectivity index (χ0) is 21.6. The number of nitrogens with zero attached hydrogens (tertiary/aromatic N) is 4. The molecule has 0 aliphatic rings. The molecule has 0 saturated carbocycles. The van der Waals surface area contributed by atoms with E-state index in [0.29, 0.717) is 40.2 Å². The first-order chi connectivity index (χ1) is 15.2. The van der Waals surface area contributed by atoms with Gasteiger partial charge in [0, 0.05) is 24.1 Å². The lowest BCUT2D eigenvalue weighted by atomic mass is 10.1. The van der Waals surface area contributed by atoms with Gasteiger partial charge < -0.3 is 19.5 Å². The van der Waals surface area contributed by atoms with Gasteiger partial charge in [-0.2, -0.15) is 5.10 Å². The molecule has 2 aromatic carbocycles. The second kappa shape index (κ2) is 8.95. The molecule has 0 aliphatic heterocycles. The molecule has 1 N–H and O–H groups in total. The van der Waals surface area contributed by atoms with Gasteiger partial charge in [-0.15, -0.1) is 0 Å². The second-order valence-corrected chi connectivity index (χ2v) is 6.29. The van der Waals surface area contributed by atoms with E-state index in [2.05, 4.69) is 20.4 Å². The number of hydrogen-bond donors (Lipinski definition) is 1. The molecule has 0 fully saturated rings. The maximum absolute atomic E-state index is 12.7. The van der Waals surface area contributed by atoms with Crippen LogP contribution in [-0.2, 0) is 0 Å². The number of carbonyl (C=O) groups excluding carboxylic acids is 1. The van der Waals surface area contributed by atoms with Crippen LogP contribution < -0.4 is 19.5 Å². The lowest BCUT2D eigenvalue weighted by molar-refractivity contribution is 0.102. The summed E-state index contributed by atoms with van der Waals surface area (Å²) < 4.78 is 18.0. The highest BCUT2D eigenvalue weighted by Crippen LogP contribution is 2.31. The number of aromatic nitrogens is 4. The van der Waals surface area contributed by atoms with Gasteiger partial charge in [-0.1, -0.05) is 6.07 Å². The molecule has 156 valence electrons. The predicted molar refractivity (Wildman–Crippen MR) is 113 cm³/mol. The van der Waals surface area contributed by atoms with Crippen molar-refractivity contribution in [2.24, 2.45) is 0 Å². The third kappa shape index (κ3) is 4.45. The number of carbonyl (C=O) groups is 1. The van der Waals surface area contributed by atoms with Crippen molar-refractivity contribution in [2.45, 2.75) is 0 Å². The highest BCUT2D eigenvalue weighted by atomic mass is 16.5. The van der Waals surface area contributed by atoms with E-state index in [0.717, 1.165) is 0 Å². The Labute approximate surface area is 178 Å². The summed E-state index contributed by atoms with van der Waals surface area (Å²) in [6.07, 6.45) is 4.85. The first kappa shape index (κ1) is 19.9. The Morgan fingerprint density at radius 2 is 1.84 bits per heavy atom. The molecule has 0 bridgehead atoms. The van der Waals surface area contributed by atoms with Gasteiger partial charge >= 0.3 is 0 Å². The van der Waals surface area contributed by atoms with Gasteiger partial charge in [0.2, 0.25) is 5.88 Å². The Bertz CT molecular complexity index is 1180. The Kier molecular flexibility index (Phi) is 5.75. The van der Waals surface area contributed by atoms with Crippen LogP contribution in [0.1, 0.15) is 10.4 Å². The smallest absolute Gasteiger partial charge is 0.259 e. The summed E-state index contributed by atoms with van der Waals surface area (Å²) in [6, 6.07) is 15.5. The van der Waals surface area contributed by atoms with Gasteiger partial charge in [-0.25, -0.2) is 14.6 Å². The van der Waals surface area contributed by atoms with Crippen molar-refractivity contribution < 1.29 is 19.0 Å². The highest BCUT2D eigenvalue weighted by molar-refractivity contribution is 6.06. The van der Waals surface area contributed by atoms with Crippen LogP contribution in [0.15, 0.2) is 73.3 Å². The molecular formula is C22H19N5O4. The van der Waals surface area contributed by atoms with E-state index >= 15 is 0 Å². The highest BCUT2D eigenvalue weighted by Gasteiger charge is 2.16. The fourth-order valence-corrected chi connectivity index (χ4v) is 2.91. The summed E-state index contributed by atoms with van der Waals surface area (Å²) in [5.74, 6) is 2.06. The van der Waals surface area contributed by atoms with E-state index in [1.807, 2.05) is 0 Å². The van der Waals surface area contributed by atoms with Gasteiger partial charge in [0.25, 0.3) is 5.91 Å². The summed E-state index contributed by atoms with van der Waals surface area (Å²) in [5, 5.41) is 6.97. The number of anilines is 1. The maximum Gasteiger partial charge on any atom is 0.259 e. The zero-order valence-corrected chi connectivity index (χ0v) is 16.9. The van der Waals surface area contributed by atoms with Crippen LogP contribution in [0.2, 0.25) is 0 Å². The Morgan fingerprint density at radius 3 is 2.55 bits per heavy atom. The van der Waals surface area contributed by atoms with Crippen LogP contribution in [0.25, 0.3) is 5.82 Å². The average molecular weight is 417 g/mol. The average Bonchev–Trinajstić information content (AvgIpc) is 3.35. The van der Waals surface area contributed by atoms with Crippen molar-refractivity contribution in [1.82, 2.24) is 19.7 Å². The largest absolute Gasteiger partial charge is 0.493 e. The number of para-hydroxylation sites is 1. The summed E-state index contributed by atoms with van der Waals surface area (Å²) in [6.45, 7) is 0. The maximum atomic E-state index is 12.7. The van der Waals surface area contributed by atoms with Crippen molar-refractivity contribution in [1.29, 1.82) is 0 Å². The monoisotopic (exact) mass is 417 g/mol. The molecule has 0 spiro atoms. The van der Waals surface area contributed by atoms with E-state index in [4.69, 9.17) is 14.2 Å². The molecule has 0 aliphatic carbocycles. The molecule has 2 heterocycles. The number of methoxy groups -OCH3 is 2. The van der Waals surface area contributed by atoms with E-state index in [-0.39, 0.29) is 5.91 Å². The quantitative estimate of drug-likeness (QED) is 0.489. The third-order valence-electron chi connectivity index (χ3n) is 4.35.